The SMILES string of the molecule is CNCc1ccc(Br)c(S(=O)(=O)NN(C)C)c1. The maximum Gasteiger partial charge on any atom is 0.254 e. The molecule has 0 radical (unpaired) electrons. The summed E-state index contributed by atoms with van der Waals surface area (Å²) < 4.78 is 24.6. The molecule has 0 unspecified atom stereocenters. The highest BCUT2D eigenvalue weighted by molar-refractivity contribution is 9.10. The first-order valence-corrected chi connectivity index (χ1v) is 7.27. The van der Waals surface area contributed by atoms with Crippen molar-refractivity contribution >= 4 is 26.0 Å². The zero-order chi connectivity index (χ0) is 13.1. The second-order valence-corrected chi connectivity index (χ2v) is 6.27. The molecule has 0 atom stereocenters. The zero-order valence-electron chi connectivity index (χ0n) is 9.99. The molecule has 1 aromatic carbocycles. The van der Waals surface area contributed by atoms with E-state index in [0.717, 1.165) is 5.56 Å². The van der Waals surface area contributed by atoms with Crippen molar-refractivity contribution in [3.8, 4) is 0 Å². The summed E-state index contributed by atoms with van der Waals surface area (Å²) in [5.74, 6) is 0. The number of nitrogens with one attached hydrogen (secondary N) is 2. The van der Waals surface area contributed by atoms with Crippen molar-refractivity contribution < 1.29 is 8.42 Å². The van der Waals surface area contributed by atoms with E-state index in [1.807, 2.05) is 13.1 Å². The van der Waals surface area contributed by atoms with Gasteiger partial charge in [0.2, 0.25) is 0 Å². The van der Waals surface area contributed by atoms with Gasteiger partial charge in [0.1, 0.15) is 0 Å². The smallest absolute Gasteiger partial charge is 0.254 e. The molecule has 0 spiro atoms. The van der Waals surface area contributed by atoms with Crippen molar-refractivity contribution in [2.45, 2.75) is 11.4 Å². The van der Waals surface area contributed by atoms with Gasteiger partial charge in [-0.2, -0.15) is 0 Å². The molecule has 17 heavy (non-hydrogen) atoms. The van der Waals surface area contributed by atoms with E-state index in [4.69, 9.17) is 0 Å². The average molecular weight is 322 g/mol. The predicted octanol–water partition coefficient (Wildman–Crippen LogP) is 0.923. The summed E-state index contributed by atoms with van der Waals surface area (Å²) in [6.07, 6.45) is 0. The van der Waals surface area contributed by atoms with Gasteiger partial charge in [0.15, 0.2) is 0 Å². The fraction of sp³-hybridized carbons (Fsp3) is 0.400. The highest BCUT2D eigenvalue weighted by Gasteiger charge is 2.18. The summed E-state index contributed by atoms with van der Waals surface area (Å²) >= 11 is 3.25. The molecule has 0 aliphatic rings. The number of nitrogens with zero attached hydrogens (tertiary/aromatic N) is 1. The fourth-order valence-corrected chi connectivity index (χ4v) is 3.45. The molecule has 0 fully saturated rings. The van der Waals surface area contributed by atoms with E-state index in [0.29, 0.717) is 11.0 Å². The quantitative estimate of drug-likeness (QED) is 0.792. The number of benzene rings is 1. The number of halogens is 1. The molecule has 0 bridgehead atoms. The normalized spacial score (nSPS) is 12.1. The molecule has 0 aliphatic carbocycles. The minimum Gasteiger partial charge on any atom is -0.316 e. The average Bonchev–Trinajstić information content (AvgIpc) is 2.19. The van der Waals surface area contributed by atoms with Crippen LogP contribution in [-0.4, -0.2) is 34.6 Å². The Labute approximate surface area is 110 Å². The van der Waals surface area contributed by atoms with Crippen molar-refractivity contribution in [2.75, 3.05) is 21.1 Å². The molecule has 7 heteroatoms. The largest absolute Gasteiger partial charge is 0.316 e. The van der Waals surface area contributed by atoms with E-state index in [1.54, 1.807) is 26.2 Å². The first-order valence-electron chi connectivity index (χ1n) is 4.99. The summed E-state index contributed by atoms with van der Waals surface area (Å²) in [6.45, 7) is 0.623. The Morgan fingerprint density at radius 1 is 1.35 bits per heavy atom. The second kappa shape index (κ2) is 5.92. The van der Waals surface area contributed by atoms with Crippen molar-refractivity contribution in [2.24, 2.45) is 0 Å². The van der Waals surface area contributed by atoms with Gasteiger partial charge in [0.25, 0.3) is 10.0 Å². The number of hydrogen-bond donors (Lipinski definition) is 2. The van der Waals surface area contributed by atoms with Crippen LogP contribution in [0, 0.1) is 0 Å². The summed E-state index contributed by atoms with van der Waals surface area (Å²) in [4.78, 5) is 2.64. The van der Waals surface area contributed by atoms with Gasteiger partial charge in [-0.1, -0.05) is 6.07 Å². The summed E-state index contributed by atoms with van der Waals surface area (Å²) in [5.41, 5.74) is 0.912. The lowest BCUT2D eigenvalue weighted by Crippen LogP contribution is -2.36. The van der Waals surface area contributed by atoms with E-state index < -0.39 is 10.0 Å². The lowest BCUT2D eigenvalue weighted by Gasteiger charge is -2.14. The zero-order valence-corrected chi connectivity index (χ0v) is 12.4. The van der Waals surface area contributed by atoms with Gasteiger partial charge < -0.3 is 5.32 Å². The van der Waals surface area contributed by atoms with Crippen LogP contribution in [0.5, 0.6) is 0 Å². The van der Waals surface area contributed by atoms with Crippen molar-refractivity contribution in [1.82, 2.24) is 15.2 Å². The Bertz CT molecular complexity index is 488. The Kier molecular flexibility index (Phi) is 5.08. The first kappa shape index (κ1) is 14.6. The monoisotopic (exact) mass is 321 g/mol. The number of rotatable bonds is 5. The molecule has 0 aromatic heterocycles. The third kappa shape index (κ3) is 4.04. The second-order valence-electron chi connectivity index (χ2n) is 3.78. The molecule has 0 saturated carbocycles. The van der Waals surface area contributed by atoms with Crippen LogP contribution >= 0.6 is 15.9 Å². The summed E-state index contributed by atoms with van der Waals surface area (Å²) in [7, 11) is 1.54. The number of hydrogen-bond acceptors (Lipinski definition) is 4. The minimum atomic E-state index is -3.53. The summed E-state index contributed by atoms with van der Waals surface area (Å²) in [6, 6.07) is 5.25. The van der Waals surface area contributed by atoms with E-state index >= 15 is 0 Å². The number of sulfonamides is 1. The van der Waals surface area contributed by atoms with Crippen LogP contribution in [0.25, 0.3) is 0 Å². The molecule has 0 saturated heterocycles. The van der Waals surface area contributed by atoms with Crippen LogP contribution in [-0.2, 0) is 16.6 Å². The Morgan fingerprint density at radius 2 is 2.00 bits per heavy atom. The molecular formula is C10H16BrN3O2S. The van der Waals surface area contributed by atoms with Gasteiger partial charge in [-0.05, 0) is 40.7 Å². The number of hydrazine groups is 1. The molecule has 1 aromatic rings. The molecule has 0 amide bonds. The molecule has 96 valence electrons. The molecular weight excluding hydrogens is 306 g/mol. The van der Waals surface area contributed by atoms with Crippen LogP contribution in [0.1, 0.15) is 5.56 Å². The Hall–Kier alpha value is -0.470. The Morgan fingerprint density at radius 3 is 2.53 bits per heavy atom. The van der Waals surface area contributed by atoms with Crippen molar-refractivity contribution in [3.05, 3.63) is 28.2 Å². The molecule has 0 heterocycles. The van der Waals surface area contributed by atoms with Crippen LogP contribution in [0.2, 0.25) is 0 Å². The molecule has 0 aliphatic heterocycles. The topological polar surface area (TPSA) is 61.4 Å². The molecule has 1 rings (SSSR count). The molecule has 5 nitrogen and oxygen atoms in total. The van der Waals surface area contributed by atoms with E-state index in [9.17, 15) is 8.42 Å². The first-order chi connectivity index (χ1) is 7.86. The predicted molar refractivity (Wildman–Crippen MR) is 70.9 cm³/mol. The van der Waals surface area contributed by atoms with Crippen molar-refractivity contribution in [1.29, 1.82) is 0 Å². The van der Waals surface area contributed by atoms with Crippen LogP contribution < -0.4 is 10.1 Å². The van der Waals surface area contributed by atoms with Gasteiger partial charge in [0.05, 0.1) is 4.90 Å². The van der Waals surface area contributed by atoms with E-state index in [-0.39, 0.29) is 4.90 Å². The standard InChI is InChI=1S/C10H16BrN3O2S/c1-12-7-8-4-5-9(11)10(6-8)17(15,16)13-14(2)3/h4-6,12-13H,7H2,1-3H3. The highest BCUT2D eigenvalue weighted by Crippen LogP contribution is 2.23. The summed E-state index contributed by atoms with van der Waals surface area (Å²) in [5, 5.41) is 4.38. The lowest BCUT2D eigenvalue weighted by atomic mass is 10.2. The van der Waals surface area contributed by atoms with Gasteiger partial charge in [0, 0.05) is 25.1 Å². The maximum absolute atomic E-state index is 12.0. The van der Waals surface area contributed by atoms with E-state index in [2.05, 4.69) is 26.1 Å². The van der Waals surface area contributed by atoms with Gasteiger partial charge >= 0.3 is 0 Å². The van der Waals surface area contributed by atoms with Gasteiger partial charge in [-0.25, -0.2) is 13.4 Å². The highest BCUT2D eigenvalue weighted by atomic mass is 79.9. The minimum absolute atomic E-state index is 0.235. The lowest BCUT2D eigenvalue weighted by molar-refractivity contribution is 0.364. The molecule has 2 N–H and O–H groups in total. The van der Waals surface area contributed by atoms with Crippen LogP contribution in [0.15, 0.2) is 27.6 Å². The van der Waals surface area contributed by atoms with Crippen LogP contribution in [0.4, 0.5) is 0 Å². The van der Waals surface area contributed by atoms with E-state index in [1.165, 1.54) is 5.01 Å². The fourth-order valence-electron chi connectivity index (χ4n) is 1.36. The van der Waals surface area contributed by atoms with Gasteiger partial charge in [-0.15, -0.1) is 4.83 Å². The Balaban J connectivity index is 3.16. The van der Waals surface area contributed by atoms with Crippen molar-refractivity contribution in [3.63, 3.8) is 0 Å². The van der Waals surface area contributed by atoms with Gasteiger partial charge in [-0.3, -0.25) is 0 Å². The third-order valence-corrected chi connectivity index (χ3v) is 4.45. The third-order valence-electron chi connectivity index (χ3n) is 1.97. The van der Waals surface area contributed by atoms with Crippen LogP contribution in [0.3, 0.4) is 0 Å². The maximum atomic E-state index is 12.0.